The van der Waals surface area contributed by atoms with Crippen molar-refractivity contribution in [1.82, 2.24) is 26.3 Å². The Morgan fingerprint density at radius 3 is 1.76 bits per heavy atom. The number of aliphatic hydroxyl groups excluding tert-OH is 1. The summed E-state index contributed by atoms with van der Waals surface area (Å²) in [5.41, 5.74) is 2.23. The molecule has 3 rings (SSSR count). The molecule has 1 heterocycles. The van der Waals surface area contributed by atoms with Crippen molar-refractivity contribution < 1.29 is 34.1 Å². The van der Waals surface area contributed by atoms with Gasteiger partial charge in [-0.1, -0.05) is 96.1 Å². The Morgan fingerprint density at radius 1 is 0.700 bits per heavy atom. The lowest BCUT2D eigenvalue weighted by Gasteiger charge is -2.34. The number of rotatable bonds is 14. The third-order valence-corrected chi connectivity index (χ3v) is 8.38. The molecule has 6 N–H and O–H groups in total. The average molecular weight is 690 g/mol. The zero-order valence-corrected chi connectivity index (χ0v) is 29.9. The number of aromatic nitrogens is 1. The molecular weight excluding hydrogens is 638 g/mol. The number of hydrogen-bond acceptors (Lipinski definition) is 7. The molecule has 5 atom stereocenters. The fourth-order valence-corrected chi connectivity index (χ4v) is 5.66. The van der Waals surface area contributed by atoms with Crippen LogP contribution in [0.3, 0.4) is 0 Å². The number of carbonyl (C=O) groups is 4. The molecule has 0 unspecified atom stereocenters. The fourth-order valence-electron chi connectivity index (χ4n) is 5.66. The first kappa shape index (κ1) is 39.5. The number of pyridine rings is 1. The molecule has 270 valence electrons. The summed E-state index contributed by atoms with van der Waals surface area (Å²) >= 11 is 0. The molecule has 4 amide bonds. The average Bonchev–Trinajstić information content (AvgIpc) is 3.05. The van der Waals surface area contributed by atoms with Gasteiger partial charge in [0.05, 0.1) is 19.3 Å². The van der Waals surface area contributed by atoms with Gasteiger partial charge in [-0.25, -0.2) is 9.59 Å². The maximum atomic E-state index is 13.7. The van der Waals surface area contributed by atoms with Crippen LogP contribution < -0.4 is 21.3 Å². The molecule has 12 heteroatoms. The number of nitrogens with zero attached hydrogens (tertiary/aromatic N) is 1. The molecule has 1 aromatic heterocycles. The highest BCUT2D eigenvalue weighted by molar-refractivity contribution is 5.87. The summed E-state index contributed by atoms with van der Waals surface area (Å²) < 4.78 is 4.76. The minimum Gasteiger partial charge on any atom is -0.465 e. The molecule has 2 aromatic carbocycles. The van der Waals surface area contributed by atoms with Crippen molar-refractivity contribution in [2.75, 3.05) is 7.11 Å². The molecule has 50 heavy (non-hydrogen) atoms. The maximum Gasteiger partial charge on any atom is 0.407 e. The Morgan fingerprint density at radius 2 is 1.22 bits per heavy atom. The number of amides is 4. The lowest BCUT2D eigenvalue weighted by Crippen LogP contribution is -2.58. The summed E-state index contributed by atoms with van der Waals surface area (Å²) in [5.74, 6) is -1.04. The van der Waals surface area contributed by atoms with Gasteiger partial charge in [-0.05, 0) is 64.5 Å². The van der Waals surface area contributed by atoms with Crippen molar-refractivity contribution in [2.45, 2.75) is 91.1 Å². The van der Waals surface area contributed by atoms with E-state index < -0.39 is 65.1 Å². The van der Waals surface area contributed by atoms with E-state index in [0.29, 0.717) is 6.42 Å². The number of nitrogens with one attached hydrogen (secondary N) is 4. The van der Waals surface area contributed by atoms with Crippen molar-refractivity contribution in [1.29, 1.82) is 0 Å². The molecule has 0 spiro atoms. The zero-order valence-electron chi connectivity index (χ0n) is 29.9. The van der Waals surface area contributed by atoms with E-state index in [9.17, 15) is 29.4 Å². The largest absolute Gasteiger partial charge is 0.465 e. The number of methoxy groups -OCH3 is 1. The number of ether oxygens (including phenoxy) is 1. The Bertz CT molecular complexity index is 1550. The molecule has 0 aliphatic heterocycles. The number of hydrogen-bond donors (Lipinski definition) is 6. The normalized spacial score (nSPS) is 14.6. The summed E-state index contributed by atoms with van der Waals surface area (Å²) in [6.45, 7) is 10.7. The van der Waals surface area contributed by atoms with Gasteiger partial charge in [0.2, 0.25) is 11.8 Å². The van der Waals surface area contributed by atoms with Gasteiger partial charge < -0.3 is 36.2 Å². The van der Waals surface area contributed by atoms with Crippen LogP contribution in [-0.4, -0.2) is 76.6 Å². The highest BCUT2D eigenvalue weighted by Crippen LogP contribution is 2.24. The van der Waals surface area contributed by atoms with Gasteiger partial charge in [-0.15, -0.1) is 0 Å². The zero-order chi connectivity index (χ0) is 37.1. The second-order valence-corrected chi connectivity index (χ2v) is 14.6. The Hall–Kier alpha value is -4.97. The van der Waals surface area contributed by atoms with Crippen molar-refractivity contribution in [3.63, 3.8) is 0 Å². The summed E-state index contributed by atoms with van der Waals surface area (Å²) in [5, 5.41) is 32.2. The molecule has 0 bridgehead atoms. The highest BCUT2D eigenvalue weighted by atomic mass is 16.5. The van der Waals surface area contributed by atoms with Gasteiger partial charge in [-0.3, -0.25) is 14.6 Å². The van der Waals surface area contributed by atoms with Gasteiger partial charge in [0.1, 0.15) is 12.1 Å². The molecule has 0 fully saturated rings. The van der Waals surface area contributed by atoms with Gasteiger partial charge in [-0.2, -0.15) is 0 Å². The topological polar surface area (TPSA) is 179 Å². The summed E-state index contributed by atoms with van der Waals surface area (Å²) in [4.78, 5) is 55.2. The van der Waals surface area contributed by atoms with Crippen molar-refractivity contribution >= 4 is 24.0 Å². The highest BCUT2D eigenvalue weighted by Gasteiger charge is 2.37. The first-order valence-corrected chi connectivity index (χ1v) is 16.6. The van der Waals surface area contributed by atoms with Crippen LogP contribution in [0.25, 0.3) is 11.1 Å². The van der Waals surface area contributed by atoms with Crippen LogP contribution in [0.4, 0.5) is 9.59 Å². The molecule has 0 aliphatic rings. The number of benzene rings is 2. The molecule has 0 aliphatic carbocycles. The fraction of sp³-hybridized carbons (Fsp3) is 0.447. The van der Waals surface area contributed by atoms with Crippen molar-refractivity contribution in [3.8, 4) is 11.1 Å². The predicted molar refractivity (Wildman–Crippen MR) is 191 cm³/mol. The Balaban J connectivity index is 1.95. The van der Waals surface area contributed by atoms with E-state index in [1.54, 1.807) is 33.2 Å². The van der Waals surface area contributed by atoms with Crippen LogP contribution in [0.2, 0.25) is 0 Å². The van der Waals surface area contributed by atoms with E-state index in [-0.39, 0.29) is 12.8 Å². The van der Waals surface area contributed by atoms with E-state index in [2.05, 4.69) is 26.3 Å². The minimum absolute atomic E-state index is 0.0301. The second kappa shape index (κ2) is 17.6. The van der Waals surface area contributed by atoms with Crippen LogP contribution in [0.15, 0.2) is 79.1 Å². The van der Waals surface area contributed by atoms with Crippen molar-refractivity contribution in [3.05, 3.63) is 90.3 Å². The minimum atomic E-state index is -1.34. The van der Waals surface area contributed by atoms with E-state index in [0.717, 1.165) is 22.3 Å². The number of carbonyl (C=O) groups excluding carboxylic acids is 3. The van der Waals surface area contributed by atoms with E-state index >= 15 is 0 Å². The third-order valence-electron chi connectivity index (χ3n) is 8.38. The third kappa shape index (κ3) is 12.2. The van der Waals surface area contributed by atoms with Crippen LogP contribution >= 0.6 is 0 Å². The van der Waals surface area contributed by atoms with E-state index in [1.165, 1.54) is 7.11 Å². The maximum absolute atomic E-state index is 13.7. The summed E-state index contributed by atoms with van der Waals surface area (Å²) in [7, 11) is 1.22. The van der Waals surface area contributed by atoms with Crippen LogP contribution in [0.1, 0.15) is 59.1 Å². The molecule has 3 aromatic rings. The molecule has 0 saturated heterocycles. The summed E-state index contributed by atoms with van der Waals surface area (Å²) in [6, 6.07) is 17.4. The number of carboxylic acid groups (broad SMARTS) is 1. The van der Waals surface area contributed by atoms with Crippen LogP contribution in [0, 0.1) is 10.8 Å². The molecule has 0 radical (unpaired) electrons. The Labute approximate surface area is 294 Å². The van der Waals surface area contributed by atoms with Crippen LogP contribution in [-0.2, 0) is 27.2 Å². The smallest absolute Gasteiger partial charge is 0.407 e. The monoisotopic (exact) mass is 689 g/mol. The van der Waals surface area contributed by atoms with Crippen molar-refractivity contribution in [2.24, 2.45) is 10.8 Å². The predicted octanol–water partition coefficient (Wildman–Crippen LogP) is 4.71. The van der Waals surface area contributed by atoms with E-state index in [1.807, 2.05) is 87.5 Å². The van der Waals surface area contributed by atoms with Gasteiger partial charge in [0.25, 0.3) is 0 Å². The number of aliphatic hydroxyl groups is 1. The first-order valence-electron chi connectivity index (χ1n) is 16.6. The van der Waals surface area contributed by atoms with Gasteiger partial charge >= 0.3 is 12.2 Å². The lowest BCUT2D eigenvalue weighted by atomic mass is 9.85. The van der Waals surface area contributed by atoms with E-state index in [4.69, 9.17) is 4.74 Å². The number of alkyl carbamates (subject to hydrolysis) is 1. The quantitative estimate of drug-likeness (QED) is 0.141. The molecule has 0 saturated carbocycles. The lowest BCUT2D eigenvalue weighted by molar-refractivity contribution is -0.128. The Kier molecular flexibility index (Phi) is 13.9. The standard InChI is InChI=1S/C38H51N5O7/c1-37(2,3)31(42-35(47)48)34(46)41-29(22-25-13-15-26(16-14-25)27-17-19-39-20-18-27)30(44)23-28(21-24-11-9-8-10-12-24)40-33(45)32(38(4,5)6)43-36(49)50-7/h8-20,28-32,42,44H,21-23H2,1-7H3,(H,40,45)(H,41,46)(H,43,49)(H,47,48)/t28-,29-,30-,31+,32+/m0/s1. The SMILES string of the molecule is COC(=O)N[C@H](C(=O)N[C@@H](Cc1ccccc1)C[C@H](O)[C@H](Cc1ccc(-c2ccncc2)cc1)NC(=O)[C@@H](NC(=O)O)C(C)(C)C)C(C)(C)C. The van der Waals surface area contributed by atoms with Gasteiger partial charge in [0, 0.05) is 18.4 Å². The van der Waals surface area contributed by atoms with Gasteiger partial charge in [0.15, 0.2) is 0 Å². The molecular formula is C38H51N5O7. The molecule has 12 nitrogen and oxygen atoms in total. The second-order valence-electron chi connectivity index (χ2n) is 14.6. The van der Waals surface area contributed by atoms with Crippen LogP contribution in [0.5, 0.6) is 0 Å². The first-order chi connectivity index (χ1) is 23.5. The summed E-state index contributed by atoms with van der Waals surface area (Å²) in [6.07, 6.45) is 0.745.